The molecule has 1 aliphatic heterocycles. The molecule has 1 fully saturated rings. The van der Waals surface area contributed by atoms with Crippen LogP contribution in [0.5, 0.6) is 0 Å². The molecule has 0 bridgehead atoms. The largest absolute Gasteiger partial charge is 0.387 e. The number of amides is 1. The van der Waals surface area contributed by atoms with E-state index >= 15 is 0 Å². The van der Waals surface area contributed by atoms with Crippen molar-refractivity contribution < 1.29 is 9.90 Å². The van der Waals surface area contributed by atoms with E-state index in [-0.39, 0.29) is 12.5 Å². The van der Waals surface area contributed by atoms with E-state index in [1.165, 1.54) is 0 Å². The molecule has 2 atom stereocenters. The molecule has 4 heteroatoms. The summed E-state index contributed by atoms with van der Waals surface area (Å²) < 4.78 is 0. The zero-order valence-electron chi connectivity index (χ0n) is 11.4. The Bertz CT molecular complexity index is 413. The fourth-order valence-electron chi connectivity index (χ4n) is 2.43. The fraction of sp³-hybridized carbons (Fsp3) is 0.533. The number of benzene rings is 1. The second kappa shape index (κ2) is 6.17. The van der Waals surface area contributed by atoms with Gasteiger partial charge >= 0.3 is 0 Å². The van der Waals surface area contributed by atoms with Gasteiger partial charge in [-0.3, -0.25) is 4.79 Å². The summed E-state index contributed by atoms with van der Waals surface area (Å²) in [5, 5.41) is 16.1. The number of hydrogen-bond donors (Lipinski definition) is 3. The summed E-state index contributed by atoms with van der Waals surface area (Å²) in [6, 6.07) is 9.38. The first-order valence-corrected chi connectivity index (χ1v) is 6.88. The Kier molecular flexibility index (Phi) is 4.56. The normalized spacial score (nSPS) is 24.7. The third kappa shape index (κ3) is 3.55. The zero-order valence-corrected chi connectivity index (χ0v) is 11.4. The van der Waals surface area contributed by atoms with Gasteiger partial charge in [-0.25, -0.2) is 0 Å². The van der Waals surface area contributed by atoms with E-state index in [9.17, 15) is 9.90 Å². The van der Waals surface area contributed by atoms with Crippen molar-refractivity contribution in [3.8, 4) is 0 Å². The Labute approximate surface area is 114 Å². The molecule has 1 heterocycles. The molecule has 0 radical (unpaired) electrons. The SMILES string of the molecule is CC1(C(=O)NCC(O)c2ccccc2)CCCCN1. The number of nitrogens with one attached hydrogen (secondary N) is 2. The lowest BCUT2D eigenvalue weighted by atomic mass is 9.90. The van der Waals surface area contributed by atoms with Crippen LogP contribution in [-0.4, -0.2) is 29.6 Å². The van der Waals surface area contributed by atoms with Crippen LogP contribution in [0.2, 0.25) is 0 Å². The van der Waals surface area contributed by atoms with Crippen molar-refractivity contribution in [2.45, 2.75) is 37.8 Å². The number of piperidine rings is 1. The van der Waals surface area contributed by atoms with Crippen molar-refractivity contribution in [1.82, 2.24) is 10.6 Å². The van der Waals surface area contributed by atoms with E-state index in [1.54, 1.807) is 0 Å². The van der Waals surface area contributed by atoms with Gasteiger partial charge in [-0.2, -0.15) is 0 Å². The van der Waals surface area contributed by atoms with Crippen molar-refractivity contribution in [3.05, 3.63) is 35.9 Å². The molecule has 2 rings (SSSR count). The second-order valence-corrected chi connectivity index (χ2v) is 5.35. The highest BCUT2D eigenvalue weighted by Gasteiger charge is 2.34. The standard InChI is InChI=1S/C15H22N2O2/c1-15(9-5-6-10-17-15)14(19)16-11-13(18)12-7-3-2-4-8-12/h2-4,7-8,13,17-18H,5-6,9-11H2,1H3,(H,16,19). The molecule has 1 aromatic rings. The van der Waals surface area contributed by atoms with Gasteiger partial charge in [-0.05, 0) is 38.3 Å². The van der Waals surface area contributed by atoms with Crippen molar-refractivity contribution in [2.75, 3.05) is 13.1 Å². The molecule has 1 aromatic carbocycles. The van der Waals surface area contributed by atoms with E-state index in [0.29, 0.717) is 0 Å². The maximum absolute atomic E-state index is 12.2. The molecule has 1 saturated heterocycles. The van der Waals surface area contributed by atoms with Gasteiger partial charge in [0.2, 0.25) is 5.91 Å². The van der Waals surface area contributed by atoms with Crippen LogP contribution in [-0.2, 0) is 4.79 Å². The predicted molar refractivity (Wildman–Crippen MR) is 74.7 cm³/mol. The molecular formula is C15H22N2O2. The van der Waals surface area contributed by atoms with E-state index < -0.39 is 11.6 Å². The van der Waals surface area contributed by atoms with Crippen LogP contribution in [0.1, 0.15) is 37.9 Å². The molecule has 0 aliphatic carbocycles. The smallest absolute Gasteiger partial charge is 0.240 e. The maximum Gasteiger partial charge on any atom is 0.240 e. The molecule has 1 aliphatic rings. The Morgan fingerprint density at radius 1 is 1.42 bits per heavy atom. The average molecular weight is 262 g/mol. The third-order valence-corrected chi connectivity index (χ3v) is 3.76. The summed E-state index contributed by atoms with van der Waals surface area (Å²) in [4.78, 5) is 12.2. The lowest BCUT2D eigenvalue weighted by Crippen LogP contribution is -2.57. The van der Waals surface area contributed by atoms with Crippen LogP contribution in [0.25, 0.3) is 0 Å². The van der Waals surface area contributed by atoms with Gasteiger partial charge in [-0.1, -0.05) is 30.3 Å². The minimum Gasteiger partial charge on any atom is -0.387 e. The van der Waals surface area contributed by atoms with Gasteiger partial charge in [0.1, 0.15) is 0 Å². The Hall–Kier alpha value is -1.39. The number of aliphatic hydroxyl groups excluding tert-OH is 1. The van der Waals surface area contributed by atoms with Gasteiger partial charge in [0.25, 0.3) is 0 Å². The van der Waals surface area contributed by atoms with Crippen LogP contribution >= 0.6 is 0 Å². The summed E-state index contributed by atoms with van der Waals surface area (Å²) in [7, 11) is 0. The molecule has 2 unspecified atom stereocenters. The fourth-order valence-corrected chi connectivity index (χ4v) is 2.43. The van der Waals surface area contributed by atoms with E-state index in [1.807, 2.05) is 37.3 Å². The summed E-state index contributed by atoms with van der Waals surface area (Å²) >= 11 is 0. The van der Waals surface area contributed by atoms with Gasteiger partial charge in [0, 0.05) is 6.54 Å². The molecule has 0 aromatic heterocycles. The second-order valence-electron chi connectivity index (χ2n) is 5.35. The molecule has 4 nitrogen and oxygen atoms in total. The minimum absolute atomic E-state index is 0.0258. The van der Waals surface area contributed by atoms with Crippen LogP contribution in [0, 0.1) is 0 Å². The summed E-state index contributed by atoms with van der Waals surface area (Å²) in [6.07, 6.45) is 2.38. The lowest BCUT2D eigenvalue weighted by Gasteiger charge is -2.33. The molecule has 3 N–H and O–H groups in total. The van der Waals surface area contributed by atoms with E-state index in [2.05, 4.69) is 10.6 Å². The average Bonchev–Trinajstić information content (AvgIpc) is 2.46. The van der Waals surface area contributed by atoms with Crippen molar-refractivity contribution in [3.63, 3.8) is 0 Å². The monoisotopic (exact) mass is 262 g/mol. The number of carbonyl (C=O) groups is 1. The first-order chi connectivity index (χ1) is 9.12. The summed E-state index contributed by atoms with van der Waals surface area (Å²) in [5.74, 6) is -0.0258. The van der Waals surface area contributed by atoms with Crippen LogP contribution in [0.15, 0.2) is 30.3 Å². The number of carbonyl (C=O) groups excluding carboxylic acids is 1. The number of hydrogen-bond acceptors (Lipinski definition) is 3. The van der Waals surface area contributed by atoms with Crippen LogP contribution in [0.4, 0.5) is 0 Å². The summed E-state index contributed by atoms with van der Waals surface area (Å²) in [6.45, 7) is 3.06. The van der Waals surface area contributed by atoms with Crippen molar-refractivity contribution >= 4 is 5.91 Å². The highest BCUT2D eigenvalue weighted by Crippen LogP contribution is 2.19. The molecule has 1 amide bonds. The Balaban J connectivity index is 1.86. The van der Waals surface area contributed by atoms with E-state index in [0.717, 1.165) is 31.4 Å². The van der Waals surface area contributed by atoms with Gasteiger partial charge < -0.3 is 15.7 Å². The van der Waals surface area contributed by atoms with Crippen LogP contribution < -0.4 is 10.6 Å². The third-order valence-electron chi connectivity index (χ3n) is 3.76. The number of aliphatic hydroxyl groups is 1. The first-order valence-electron chi connectivity index (χ1n) is 6.88. The predicted octanol–water partition coefficient (Wildman–Crippen LogP) is 1.37. The Morgan fingerprint density at radius 2 is 2.16 bits per heavy atom. The van der Waals surface area contributed by atoms with Crippen molar-refractivity contribution in [1.29, 1.82) is 0 Å². The van der Waals surface area contributed by atoms with E-state index in [4.69, 9.17) is 0 Å². The minimum atomic E-state index is -0.655. The highest BCUT2D eigenvalue weighted by molar-refractivity contribution is 5.86. The van der Waals surface area contributed by atoms with Crippen molar-refractivity contribution in [2.24, 2.45) is 0 Å². The van der Waals surface area contributed by atoms with Gasteiger partial charge in [0.15, 0.2) is 0 Å². The van der Waals surface area contributed by atoms with Crippen LogP contribution in [0.3, 0.4) is 0 Å². The molecule has 19 heavy (non-hydrogen) atoms. The first kappa shape index (κ1) is 14.0. The molecule has 0 spiro atoms. The maximum atomic E-state index is 12.2. The van der Waals surface area contributed by atoms with Gasteiger partial charge in [0.05, 0.1) is 11.6 Å². The summed E-state index contributed by atoms with van der Waals surface area (Å²) in [5.41, 5.74) is 0.332. The zero-order chi connectivity index (χ0) is 13.7. The molecule has 104 valence electrons. The highest BCUT2D eigenvalue weighted by atomic mass is 16.3. The molecule has 0 saturated carbocycles. The number of rotatable bonds is 4. The Morgan fingerprint density at radius 3 is 2.79 bits per heavy atom. The van der Waals surface area contributed by atoms with Gasteiger partial charge in [-0.15, -0.1) is 0 Å². The lowest BCUT2D eigenvalue weighted by molar-refractivity contribution is -0.128. The quantitative estimate of drug-likeness (QED) is 0.768. The topological polar surface area (TPSA) is 61.4 Å². The molecular weight excluding hydrogens is 240 g/mol.